The predicted octanol–water partition coefficient (Wildman–Crippen LogP) is 2.94. The Hall–Kier alpha value is -3.22. The van der Waals surface area contributed by atoms with Crippen LogP contribution >= 0.6 is 0 Å². The van der Waals surface area contributed by atoms with Crippen LogP contribution in [0.3, 0.4) is 0 Å². The van der Waals surface area contributed by atoms with Crippen LogP contribution in [-0.4, -0.2) is 29.0 Å². The second-order valence-corrected chi connectivity index (χ2v) is 5.26. The molecule has 1 atom stereocenters. The number of nitrogens with one attached hydrogen (secondary N) is 1. The highest BCUT2D eigenvalue weighted by Crippen LogP contribution is 2.35. The minimum absolute atomic E-state index is 0.165. The first-order valence-electron chi connectivity index (χ1n) is 7.44. The van der Waals surface area contributed by atoms with Crippen LogP contribution in [0, 0.1) is 0 Å². The molecule has 122 valence electrons. The largest absolute Gasteiger partial charge is 0.493 e. The topological polar surface area (TPSA) is 74.3 Å². The van der Waals surface area contributed by atoms with Gasteiger partial charge in [0, 0.05) is 11.3 Å². The zero-order valence-electron chi connectivity index (χ0n) is 13.3. The molecule has 1 N–H and O–H groups in total. The number of hydrogen-bond acceptors (Lipinski definition) is 6. The van der Waals surface area contributed by atoms with E-state index < -0.39 is 0 Å². The van der Waals surface area contributed by atoms with Crippen LogP contribution in [0.2, 0.25) is 0 Å². The number of benzene rings is 1. The molecule has 1 aliphatic heterocycles. The zero-order chi connectivity index (χ0) is 16.5. The van der Waals surface area contributed by atoms with Crippen LogP contribution in [0.25, 0.3) is 5.70 Å². The summed E-state index contributed by atoms with van der Waals surface area (Å²) < 4.78 is 18.0. The van der Waals surface area contributed by atoms with Gasteiger partial charge in [-0.2, -0.15) is 10.1 Å². The van der Waals surface area contributed by atoms with Gasteiger partial charge in [0.25, 0.3) is 0 Å². The molecule has 0 saturated heterocycles. The van der Waals surface area contributed by atoms with Gasteiger partial charge >= 0.3 is 0 Å². The van der Waals surface area contributed by atoms with E-state index >= 15 is 0 Å². The summed E-state index contributed by atoms with van der Waals surface area (Å²) in [6, 6.07) is 9.37. The molecule has 1 unspecified atom stereocenters. The molecule has 24 heavy (non-hydrogen) atoms. The molecule has 0 amide bonds. The van der Waals surface area contributed by atoms with Crippen molar-refractivity contribution in [1.82, 2.24) is 14.8 Å². The molecule has 4 rings (SSSR count). The fourth-order valence-electron chi connectivity index (χ4n) is 2.77. The molecular weight excluding hydrogens is 308 g/mol. The summed E-state index contributed by atoms with van der Waals surface area (Å²) in [7, 11) is 3.23. The molecule has 3 aromatic rings. The number of hydrogen-bond donors (Lipinski definition) is 1. The van der Waals surface area contributed by atoms with Gasteiger partial charge in [0.2, 0.25) is 5.95 Å². The molecule has 0 bridgehead atoms. The van der Waals surface area contributed by atoms with Crippen molar-refractivity contribution >= 4 is 11.6 Å². The Kier molecular flexibility index (Phi) is 3.45. The number of anilines is 1. The summed E-state index contributed by atoms with van der Waals surface area (Å²) in [5.74, 6) is 2.80. The SMILES string of the molecule is COc1ccc(C2=CC(c3ccco3)n3ncnc3N2)cc1OC. The van der Waals surface area contributed by atoms with Crippen LogP contribution in [0.1, 0.15) is 17.4 Å². The second kappa shape index (κ2) is 5.77. The highest BCUT2D eigenvalue weighted by atomic mass is 16.5. The number of ether oxygens (including phenoxy) is 2. The predicted molar refractivity (Wildman–Crippen MR) is 88.0 cm³/mol. The zero-order valence-corrected chi connectivity index (χ0v) is 13.3. The van der Waals surface area contributed by atoms with E-state index in [9.17, 15) is 0 Å². The lowest BCUT2D eigenvalue weighted by molar-refractivity contribution is 0.355. The lowest BCUT2D eigenvalue weighted by atomic mass is 10.1. The quantitative estimate of drug-likeness (QED) is 0.795. The van der Waals surface area contributed by atoms with Crippen molar-refractivity contribution in [2.45, 2.75) is 6.04 Å². The van der Waals surface area contributed by atoms with Crippen LogP contribution in [-0.2, 0) is 0 Å². The third-order valence-corrected chi connectivity index (χ3v) is 3.94. The van der Waals surface area contributed by atoms with Crippen molar-refractivity contribution < 1.29 is 13.9 Å². The minimum Gasteiger partial charge on any atom is -0.493 e. The molecule has 2 aromatic heterocycles. The van der Waals surface area contributed by atoms with Crippen molar-refractivity contribution in [3.05, 3.63) is 60.3 Å². The van der Waals surface area contributed by atoms with Crippen LogP contribution in [0.4, 0.5) is 5.95 Å². The monoisotopic (exact) mass is 324 g/mol. The van der Waals surface area contributed by atoms with E-state index in [2.05, 4.69) is 15.4 Å². The average molecular weight is 324 g/mol. The van der Waals surface area contributed by atoms with E-state index in [4.69, 9.17) is 13.9 Å². The van der Waals surface area contributed by atoms with Gasteiger partial charge in [-0.3, -0.25) is 0 Å². The van der Waals surface area contributed by atoms with Crippen molar-refractivity contribution in [3.8, 4) is 11.5 Å². The molecular formula is C17H16N4O3. The van der Waals surface area contributed by atoms with Crippen LogP contribution < -0.4 is 14.8 Å². The van der Waals surface area contributed by atoms with Gasteiger partial charge in [0.1, 0.15) is 18.1 Å². The minimum atomic E-state index is -0.165. The van der Waals surface area contributed by atoms with Crippen molar-refractivity contribution in [2.75, 3.05) is 19.5 Å². The lowest BCUT2D eigenvalue weighted by Crippen LogP contribution is -2.19. The normalized spacial score (nSPS) is 16.1. The maximum Gasteiger partial charge on any atom is 0.226 e. The lowest BCUT2D eigenvalue weighted by Gasteiger charge is -2.23. The summed E-state index contributed by atoms with van der Waals surface area (Å²) in [5, 5.41) is 7.56. The maximum atomic E-state index is 5.56. The molecule has 7 heteroatoms. The first-order chi connectivity index (χ1) is 11.8. The summed E-state index contributed by atoms with van der Waals surface area (Å²) >= 11 is 0. The Balaban J connectivity index is 1.78. The molecule has 0 spiro atoms. The Labute approximate surface area is 138 Å². The van der Waals surface area contributed by atoms with E-state index in [0.717, 1.165) is 17.0 Å². The first-order valence-corrected chi connectivity index (χ1v) is 7.44. The van der Waals surface area contributed by atoms with Crippen molar-refractivity contribution in [2.24, 2.45) is 0 Å². The Morgan fingerprint density at radius 1 is 1.17 bits per heavy atom. The van der Waals surface area contributed by atoms with E-state index in [0.29, 0.717) is 17.4 Å². The standard InChI is InChI=1S/C17H16N4O3/c1-22-15-6-5-11(8-16(15)23-2)12-9-13(14-4-3-7-24-14)21-17(20-12)18-10-19-21/h3-10,13H,1-2H3,(H,18,19,20). The van der Waals surface area contributed by atoms with Gasteiger partial charge in [-0.05, 0) is 36.4 Å². The van der Waals surface area contributed by atoms with Gasteiger partial charge in [-0.25, -0.2) is 4.68 Å². The van der Waals surface area contributed by atoms with E-state index in [1.807, 2.05) is 36.4 Å². The van der Waals surface area contributed by atoms with Gasteiger partial charge in [0.15, 0.2) is 11.5 Å². The van der Waals surface area contributed by atoms with Crippen LogP contribution in [0.15, 0.2) is 53.4 Å². The second-order valence-electron chi connectivity index (χ2n) is 5.26. The molecule has 0 fully saturated rings. The van der Waals surface area contributed by atoms with E-state index in [1.165, 1.54) is 6.33 Å². The number of allylic oxidation sites excluding steroid dienone is 1. The maximum absolute atomic E-state index is 5.56. The Morgan fingerprint density at radius 3 is 2.79 bits per heavy atom. The molecule has 1 aliphatic rings. The van der Waals surface area contributed by atoms with Gasteiger partial charge in [0.05, 0.1) is 20.5 Å². The van der Waals surface area contributed by atoms with Gasteiger partial charge in [-0.15, -0.1) is 0 Å². The fraction of sp³-hybridized carbons (Fsp3) is 0.176. The molecule has 0 radical (unpaired) electrons. The molecule has 7 nitrogen and oxygen atoms in total. The molecule has 3 heterocycles. The van der Waals surface area contributed by atoms with Gasteiger partial charge < -0.3 is 19.2 Å². The number of furan rings is 1. The smallest absolute Gasteiger partial charge is 0.226 e. The Bertz CT molecular complexity index is 883. The third kappa shape index (κ3) is 2.30. The summed E-state index contributed by atoms with van der Waals surface area (Å²) in [5.41, 5.74) is 1.86. The number of fused-ring (bicyclic) bond motifs is 1. The number of aromatic nitrogens is 3. The fourth-order valence-corrected chi connectivity index (χ4v) is 2.77. The summed E-state index contributed by atoms with van der Waals surface area (Å²) in [6.07, 6.45) is 5.21. The highest BCUT2D eigenvalue weighted by molar-refractivity contribution is 5.78. The molecule has 1 aromatic carbocycles. The van der Waals surface area contributed by atoms with Gasteiger partial charge in [-0.1, -0.05) is 0 Å². The first kappa shape index (κ1) is 14.4. The molecule has 0 aliphatic carbocycles. The number of nitrogens with zero attached hydrogens (tertiary/aromatic N) is 3. The Morgan fingerprint density at radius 2 is 2.04 bits per heavy atom. The third-order valence-electron chi connectivity index (χ3n) is 3.94. The number of methoxy groups -OCH3 is 2. The molecule has 0 saturated carbocycles. The average Bonchev–Trinajstić information content (AvgIpc) is 3.31. The summed E-state index contributed by atoms with van der Waals surface area (Å²) in [6.45, 7) is 0. The highest BCUT2D eigenvalue weighted by Gasteiger charge is 2.25. The van der Waals surface area contributed by atoms with Crippen molar-refractivity contribution in [3.63, 3.8) is 0 Å². The summed E-state index contributed by atoms with van der Waals surface area (Å²) in [4.78, 5) is 4.27. The van der Waals surface area contributed by atoms with Crippen molar-refractivity contribution in [1.29, 1.82) is 0 Å². The van der Waals surface area contributed by atoms with Crippen LogP contribution in [0.5, 0.6) is 11.5 Å². The number of rotatable bonds is 4. The van der Waals surface area contributed by atoms with E-state index in [-0.39, 0.29) is 6.04 Å². The van der Waals surface area contributed by atoms with E-state index in [1.54, 1.807) is 25.2 Å².